The van der Waals surface area contributed by atoms with Crippen LogP contribution in [0.25, 0.3) is 16.8 Å². The van der Waals surface area contributed by atoms with E-state index in [-0.39, 0.29) is 23.9 Å². The molecule has 33 heavy (non-hydrogen) atoms. The molecule has 4 aromatic heterocycles. The maximum absolute atomic E-state index is 6.70. The molecule has 2 N–H and O–H groups in total. The highest BCUT2D eigenvalue weighted by Crippen LogP contribution is 2.52. The predicted octanol–water partition coefficient (Wildman–Crippen LogP) is 4.78. The molecular weight excluding hydrogens is 477 g/mol. The Morgan fingerprint density at radius 2 is 1.91 bits per heavy atom. The second kappa shape index (κ2) is 8.20. The monoisotopic (exact) mass is 501 g/mol. The van der Waals surface area contributed by atoms with Gasteiger partial charge in [-0.3, -0.25) is 4.98 Å². The number of piperidine rings is 1. The van der Waals surface area contributed by atoms with E-state index in [0.717, 1.165) is 66.3 Å². The number of pyridine rings is 1. The lowest BCUT2D eigenvalue weighted by atomic mass is 9.74. The minimum Gasteiger partial charge on any atom is -0.355 e. The summed E-state index contributed by atoms with van der Waals surface area (Å²) in [5.41, 5.74) is 14.4. The van der Waals surface area contributed by atoms with Crippen LogP contribution in [0, 0.1) is 19.3 Å². The van der Waals surface area contributed by atoms with Crippen LogP contribution in [0.15, 0.2) is 30.0 Å². The number of thiazole rings is 1. The fourth-order valence-corrected chi connectivity index (χ4v) is 6.54. The molecule has 1 saturated heterocycles. The SMILES string of the molecule is Cc1nccc(-c2c(C)nc(N3CCC4(CC3)Cc3ncsc3[C@H]4N)c3ccnn23)c1Cl.Cl. The van der Waals surface area contributed by atoms with Gasteiger partial charge in [0.15, 0.2) is 5.82 Å². The number of nitrogens with zero attached hydrogens (tertiary/aromatic N) is 6. The van der Waals surface area contributed by atoms with E-state index in [4.69, 9.17) is 22.3 Å². The Balaban J connectivity index is 0.00000228. The molecule has 10 heteroatoms. The first-order chi connectivity index (χ1) is 15.5. The topological polar surface area (TPSA) is 85.2 Å². The van der Waals surface area contributed by atoms with Crippen LogP contribution >= 0.6 is 35.3 Å². The molecule has 0 aromatic carbocycles. The largest absolute Gasteiger partial charge is 0.355 e. The Bertz CT molecular complexity index is 1340. The summed E-state index contributed by atoms with van der Waals surface area (Å²) in [7, 11) is 0. The number of fused-ring (bicyclic) bond motifs is 2. The van der Waals surface area contributed by atoms with Gasteiger partial charge < -0.3 is 10.6 Å². The van der Waals surface area contributed by atoms with Gasteiger partial charge in [-0.05, 0) is 50.7 Å². The molecule has 7 nitrogen and oxygen atoms in total. The van der Waals surface area contributed by atoms with Crippen LogP contribution in [0.1, 0.15) is 40.8 Å². The Labute approximate surface area is 207 Å². The number of hydrogen-bond donors (Lipinski definition) is 1. The minimum atomic E-state index is 0. The maximum Gasteiger partial charge on any atom is 0.155 e. The molecule has 1 atom stereocenters. The molecule has 1 spiro atoms. The van der Waals surface area contributed by atoms with Crippen LogP contribution in [0.2, 0.25) is 5.02 Å². The first-order valence-corrected chi connectivity index (χ1v) is 12.1. The van der Waals surface area contributed by atoms with Crippen LogP contribution in [-0.4, -0.2) is 37.7 Å². The minimum absolute atomic E-state index is 0. The van der Waals surface area contributed by atoms with Gasteiger partial charge in [-0.25, -0.2) is 14.5 Å². The third kappa shape index (κ3) is 3.34. The van der Waals surface area contributed by atoms with E-state index in [1.807, 2.05) is 42.2 Å². The van der Waals surface area contributed by atoms with E-state index >= 15 is 0 Å². The molecule has 0 saturated carbocycles. The van der Waals surface area contributed by atoms with Gasteiger partial charge in [-0.1, -0.05) is 11.6 Å². The Morgan fingerprint density at radius 1 is 1.12 bits per heavy atom. The quantitative estimate of drug-likeness (QED) is 0.425. The van der Waals surface area contributed by atoms with Gasteiger partial charge in [0.25, 0.3) is 0 Å². The third-order valence-corrected chi connectivity index (χ3v) is 8.64. The number of aryl methyl sites for hydroxylation is 2. The molecule has 0 bridgehead atoms. The number of nitrogens with two attached hydrogens (primary N) is 1. The van der Waals surface area contributed by atoms with Gasteiger partial charge >= 0.3 is 0 Å². The molecule has 0 unspecified atom stereocenters. The van der Waals surface area contributed by atoms with Crippen molar-refractivity contribution in [1.29, 1.82) is 0 Å². The van der Waals surface area contributed by atoms with Gasteiger partial charge in [0.05, 0.1) is 39.5 Å². The molecule has 0 radical (unpaired) electrons. The van der Waals surface area contributed by atoms with E-state index < -0.39 is 0 Å². The molecule has 4 aromatic rings. The van der Waals surface area contributed by atoms with Crippen molar-refractivity contribution in [3.8, 4) is 11.3 Å². The zero-order valence-corrected chi connectivity index (χ0v) is 20.8. The zero-order chi connectivity index (χ0) is 22.0. The summed E-state index contributed by atoms with van der Waals surface area (Å²) in [6.07, 6.45) is 6.67. The van der Waals surface area contributed by atoms with Crippen molar-refractivity contribution < 1.29 is 0 Å². The molecular formula is C23H25Cl2N7S. The normalized spacial score (nSPS) is 19.2. The van der Waals surface area contributed by atoms with E-state index in [1.165, 1.54) is 10.6 Å². The fraction of sp³-hybridized carbons (Fsp3) is 0.391. The highest BCUT2D eigenvalue weighted by molar-refractivity contribution is 7.09. The van der Waals surface area contributed by atoms with Gasteiger partial charge in [0.2, 0.25) is 0 Å². The van der Waals surface area contributed by atoms with Crippen LogP contribution in [0.3, 0.4) is 0 Å². The van der Waals surface area contributed by atoms with Crippen LogP contribution in [-0.2, 0) is 6.42 Å². The summed E-state index contributed by atoms with van der Waals surface area (Å²) in [5.74, 6) is 0.972. The molecule has 172 valence electrons. The van der Waals surface area contributed by atoms with E-state index in [1.54, 1.807) is 17.5 Å². The average molecular weight is 502 g/mol. The van der Waals surface area contributed by atoms with E-state index in [9.17, 15) is 0 Å². The molecule has 1 fully saturated rings. The van der Waals surface area contributed by atoms with Gasteiger partial charge in [0, 0.05) is 35.8 Å². The molecule has 2 aliphatic rings. The van der Waals surface area contributed by atoms with Gasteiger partial charge in [-0.15, -0.1) is 23.7 Å². The number of halogens is 2. The Morgan fingerprint density at radius 3 is 2.67 bits per heavy atom. The van der Waals surface area contributed by atoms with Crippen molar-refractivity contribution in [2.75, 3.05) is 18.0 Å². The second-order valence-corrected chi connectivity index (χ2v) is 10.2. The summed E-state index contributed by atoms with van der Waals surface area (Å²) in [6, 6.07) is 4.05. The average Bonchev–Trinajstić information content (AvgIpc) is 3.50. The molecule has 0 amide bonds. The van der Waals surface area contributed by atoms with Crippen molar-refractivity contribution >= 4 is 46.7 Å². The molecule has 1 aliphatic carbocycles. The zero-order valence-electron chi connectivity index (χ0n) is 18.5. The number of anilines is 1. The lowest BCUT2D eigenvalue weighted by molar-refractivity contribution is 0.187. The van der Waals surface area contributed by atoms with Crippen molar-refractivity contribution in [3.05, 3.63) is 57.0 Å². The molecule has 5 heterocycles. The Hall–Kier alpha value is -2.26. The molecule has 6 rings (SSSR count). The van der Waals surface area contributed by atoms with E-state index in [2.05, 4.69) is 20.0 Å². The standard InChI is InChI=1S/C23H24ClN7S.ClH/c1-13-18(24)15(3-7-26-13)19-14(2)29-22(17-4-8-28-31(17)19)30-9-5-23(6-10-30)11-16-20(21(23)25)32-12-27-16;/h3-4,7-8,12,21H,5-6,9-11,25H2,1-2H3;1H/t21-;/m1./s1. The van der Waals surface area contributed by atoms with E-state index in [0.29, 0.717) is 5.02 Å². The highest BCUT2D eigenvalue weighted by atomic mass is 35.5. The van der Waals surface area contributed by atoms with Crippen LogP contribution < -0.4 is 10.6 Å². The predicted molar refractivity (Wildman–Crippen MR) is 135 cm³/mol. The van der Waals surface area contributed by atoms with Crippen LogP contribution in [0.5, 0.6) is 0 Å². The maximum atomic E-state index is 6.70. The number of hydrogen-bond acceptors (Lipinski definition) is 7. The van der Waals surface area contributed by atoms with Crippen molar-refractivity contribution in [3.63, 3.8) is 0 Å². The summed E-state index contributed by atoms with van der Waals surface area (Å²) in [5, 5.41) is 5.27. The lowest BCUT2D eigenvalue weighted by Crippen LogP contribution is -2.44. The third-order valence-electron chi connectivity index (χ3n) is 7.21. The summed E-state index contributed by atoms with van der Waals surface area (Å²) >= 11 is 8.31. The first kappa shape index (κ1) is 22.5. The highest BCUT2D eigenvalue weighted by Gasteiger charge is 2.47. The van der Waals surface area contributed by atoms with Crippen molar-refractivity contribution in [2.24, 2.45) is 11.1 Å². The lowest BCUT2D eigenvalue weighted by Gasteiger charge is -2.42. The van der Waals surface area contributed by atoms with Crippen molar-refractivity contribution in [1.82, 2.24) is 24.6 Å². The Kier molecular flexibility index (Phi) is 5.60. The first-order valence-electron chi connectivity index (χ1n) is 10.9. The van der Waals surface area contributed by atoms with Gasteiger partial charge in [-0.2, -0.15) is 5.10 Å². The summed E-state index contributed by atoms with van der Waals surface area (Å²) in [6.45, 7) is 5.78. The molecule has 1 aliphatic heterocycles. The van der Waals surface area contributed by atoms with Gasteiger partial charge in [0.1, 0.15) is 5.52 Å². The van der Waals surface area contributed by atoms with Crippen LogP contribution in [0.4, 0.5) is 5.82 Å². The number of aromatic nitrogens is 5. The van der Waals surface area contributed by atoms with Crippen molar-refractivity contribution in [2.45, 2.75) is 39.2 Å². The second-order valence-electron chi connectivity index (χ2n) is 8.92. The smallest absolute Gasteiger partial charge is 0.155 e. The summed E-state index contributed by atoms with van der Waals surface area (Å²) < 4.78 is 1.96. The fourth-order valence-electron chi connectivity index (χ4n) is 5.38. The summed E-state index contributed by atoms with van der Waals surface area (Å²) in [4.78, 5) is 17.6. The number of rotatable bonds is 2.